The van der Waals surface area contributed by atoms with Crippen molar-refractivity contribution in [3.8, 4) is 40.1 Å². The van der Waals surface area contributed by atoms with Crippen LogP contribution in [0.25, 0.3) is 126 Å². The average molecular weight is 835 g/mol. The Bertz CT molecular complexity index is 4140. The van der Waals surface area contributed by atoms with E-state index in [-0.39, 0.29) is 0 Å². The van der Waals surface area contributed by atoms with E-state index in [1.165, 1.54) is 30.9 Å². The Labute approximate surface area is 370 Å². The van der Waals surface area contributed by atoms with Crippen LogP contribution in [-0.4, -0.2) is 28.7 Å². The molecule has 0 aliphatic heterocycles. The minimum absolute atomic E-state index is 0.559. The number of para-hydroxylation sites is 5. The summed E-state index contributed by atoms with van der Waals surface area (Å²) in [6.45, 7) is 0. The Hall–Kier alpha value is -8.39. The fourth-order valence-corrected chi connectivity index (χ4v) is 11.3. The molecule has 64 heavy (non-hydrogen) atoms. The average Bonchev–Trinajstić information content (AvgIpc) is 4.10. The second-order valence-electron chi connectivity index (χ2n) is 16.4. The van der Waals surface area contributed by atoms with E-state index >= 15 is 0 Å². The van der Waals surface area contributed by atoms with E-state index in [4.69, 9.17) is 15.0 Å². The number of nitrogens with zero attached hydrogens (tertiary/aromatic N) is 6. The van der Waals surface area contributed by atoms with Crippen LogP contribution in [-0.2, 0) is 0 Å². The number of thiophene rings is 1. The van der Waals surface area contributed by atoms with Crippen molar-refractivity contribution >= 4 is 96.9 Å². The Balaban J connectivity index is 1.17. The van der Waals surface area contributed by atoms with Crippen LogP contribution < -0.4 is 0 Å². The van der Waals surface area contributed by atoms with Crippen LogP contribution in [0.2, 0.25) is 0 Å². The van der Waals surface area contributed by atoms with Crippen LogP contribution in [0.5, 0.6) is 0 Å². The van der Waals surface area contributed by atoms with Crippen molar-refractivity contribution in [2.24, 2.45) is 0 Å². The maximum atomic E-state index is 5.51. The normalized spacial score (nSPS) is 12.1. The van der Waals surface area contributed by atoms with Crippen molar-refractivity contribution in [3.63, 3.8) is 0 Å². The van der Waals surface area contributed by atoms with Crippen LogP contribution >= 0.6 is 11.3 Å². The molecule has 9 aromatic carbocycles. The van der Waals surface area contributed by atoms with Gasteiger partial charge < -0.3 is 9.13 Å². The lowest BCUT2D eigenvalue weighted by molar-refractivity contribution is 0.955. The van der Waals surface area contributed by atoms with Crippen molar-refractivity contribution in [2.75, 3.05) is 0 Å². The summed E-state index contributed by atoms with van der Waals surface area (Å²) in [4.78, 5) is 16.2. The molecule has 6 nitrogen and oxygen atoms in total. The van der Waals surface area contributed by atoms with Crippen molar-refractivity contribution in [1.29, 1.82) is 0 Å². The molecule has 0 unspecified atom stereocenters. The third kappa shape index (κ3) is 5.04. The zero-order valence-corrected chi connectivity index (χ0v) is 35.0. The van der Waals surface area contributed by atoms with Crippen molar-refractivity contribution in [2.45, 2.75) is 0 Å². The largest absolute Gasteiger partial charge is 0.309 e. The lowest BCUT2D eigenvalue weighted by atomic mass is 10.0. The summed E-state index contributed by atoms with van der Waals surface area (Å²) in [7, 11) is 0. The number of aromatic nitrogens is 6. The van der Waals surface area contributed by atoms with E-state index in [2.05, 4.69) is 202 Å². The number of rotatable bonds is 5. The molecule has 0 aliphatic rings. The molecule has 0 amide bonds. The molecule has 0 N–H and O–H groups in total. The van der Waals surface area contributed by atoms with Gasteiger partial charge in [0.1, 0.15) is 0 Å². The van der Waals surface area contributed by atoms with E-state index in [0.29, 0.717) is 17.6 Å². The van der Waals surface area contributed by atoms with Gasteiger partial charge in [-0.25, -0.2) is 4.98 Å². The maximum Gasteiger partial charge on any atom is 0.238 e. The molecule has 14 aromatic rings. The molecule has 5 aromatic heterocycles. The highest BCUT2D eigenvalue weighted by Crippen LogP contribution is 2.47. The van der Waals surface area contributed by atoms with Gasteiger partial charge in [-0.3, -0.25) is 4.57 Å². The van der Waals surface area contributed by atoms with Crippen LogP contribution in [0.3, 0.4) is 0 Å². The Kier molecular flexibility index (Phi) is 7.46. The van der Waals surface area contributed by atoms with Gasteiger partial charge in [0.05, 0.1) is 38.8 Å². The summed E-state index contributed by atoms with van der Waals surface area (Å²) >= 11 is 1.80. The summed E-state index contributed by atoms with van der Waals surface area (Å²) in [5.74, 6) is 1.80. The summed E-state index contributed by atoms with van der Waals surface area (Å²) in [5.41, 5.74) is 10.6. The van der Waals surface area contributed by atoms with Crippen LogP contribution in [0.1, 0.15) is 0 Å². The highest BCUT2D eigenvalue weighted by Gasteiger charge is 2.27. The Morgan fingerprint density at radius 2 is 0.844 bits per heavy atom. The highest BCUT2D eigenvalue weighted by molar-refractivity contribution is 7.25. The summed E-state index contributed by atoms with van der Waals surface area (Å²) < 4.78 is 9.65. The van der Waals surface area contributed by atoms with Crippen LogP contribution in [0, 0.1) is 0 Å². The molecule has 0 atom stereocenters. The van der Waals surface area contributed by atoms with E-state index in [0.717, 1.165) is 77.1 Å². The van der Waals surface area contributed by atoms with Crippen LogP contribution in [0.4, 0.5) is 0 Å². The number of benzene rings is 9. The van der Waals surface area contributed by atoms with Gasteiger partial charge in [0, 0.05) is 69.3 Å². The second-order valence-corrected chi connectivity index (χ2v) is 17.5. The van der Waals surface area contributed by atoms with E-state index in [1.807, 2.05) is 18.2 Å². The predicted molar refractivity (Wildman–Crippen MR) is 267 cm³/mol. The number of hydrogen-bond acceptors (Lipinski definition) is 4. The molecular formula is C57H34N6S. The SMILES string of the molecule is c1ccc(-c2nc(-c3ccc4c(c3)sc3ccccc34)nc(-n3c4ccccc4c4c(-n5c6ccccc6c6ccccc65)cc5c(c6ccccc6n5-c5ccccc5)c43)n2)cc1. The zero-order chi connectivity index (χ0) is 41.9. The van der Waals surface area contributed by atoms with Gasteiger partial charge in [0.2, 0.25) is 5.95 Å². The van der Waals surface area contributed by atoms with Crippen molar-refractivity contribution in [3.05, 3.63) is 206 Å². The minimum atomic E-state index is 0.559. The molecule has 0 radical (unpaired) electrons. The van der Waals surface area contributed by atoms with Gasteiger partial charge >= 0.3 is 0 Å². The number of hydrogen-bond donors (Lipinski definition) is 0. The predicted octanol–water partition coefficient (Wildman–Crippen LogP) is 14.9. The second kappa shape index (κ2) is 13.6. The smallest absolute Gasteiger partial charge is 0.238 e. The Morgan fingerprint density at radius 3 is 1.53 bits per heavy atom. The summed E-state index contributed by atoms with van der Waals surface area (Å²) in [5, 5.41) is 9.44. The zero-order valence-electron chi connectivity index (χ0n) is 34.2. The Morgan fingerprint density at radius 1 is 0.328 bits per heavy atom. The van der Waals surface area contributed by atoms with E-state index < -0.39 is 0 Å². The minimum Gasteiger partial charge on any atom is -0.309 e. The van der Waals surface area contributed by atoms with Gasteiger partial charge in [-0.15, -0.1) is 11.3 Å². The first-order valence-electron chi connectivity index (χ1n) is 21.5. The molecule has 0 fully saturated rings. The molecule has 14 rings (SSSR count). The van der Waals surface area contributed by atoms with Crippen LogP contribution in [0.15, 0.2) is 206 Å². The lowest BCUT2D eigenvalue weighted by Crippen LogP contribution is -2.07. The third-order valence-corrected chi connectivity index (χ3v) is 14.0. The van der Waals surface area contributed by atoms with E-state index in [9.17, 15) is 0 Å². The van der Waals surface area contributed by atoms with Gasteiger partial charge in [-0.1, -0.05) is 152 Å². The molecule has 298 valence electrons. The molecule has 0 saturated heterocycles. The fraction of sp³-hybridized carbons (Fsp3) is 0. The molecule has 7 heteroatoms. The lowest BCUT2D eigenvalue weighted by Gasteiger charge is -2.15. The molecule has 0 bridgehead atoms. The van der Waals surface area contributed by atoms with Crippen molar-refractivity contribution in [1.82, 2.24) is 28.7 Å². The van der Waals surface area contributed by atoms with Gasteiger partial charge in [-0.05, 0) is 54.6 Å². The van der Waals surface area contributed by atoms with Gasteiger partial charge in [0.25, 0.3) is 0 Å². The first-order valence-corrected chi connectivity index (χ1v) is 22.4. The molecule has 5 heterocycles. The molecule has 0 aliphatic carbocycles. The standard InChI is InChI=1S/C57H34N6S/c1-3-17-35(18-4-1)55-58-56(36-31-32-41-40-23-11-16-30-50(40)64-51(41)33-36)60-57(59-55)63-47-29-15-10-25-43(47)53-49(62-44-26-12-7-21-38(44)39-22-8-13-27-45(39)62)34-48-52(54(53)63)42-24-9-14-28-46(42)61(48)37-19-5-2-6-20-37/h1-34H. The first kappa shape index (κ1) is 35.2. The van der Waals surface area contributed by atoms with E-state index in [1.54, 1.807) is 11.3 Å². The first-order chi connectivity index (χ1) is 31.8. The highest BCUT2D eigenvalue weighted by atomic mass is 32.1. The number of fused-ring (bicyclic) bond motifs is 13. The molecule has 0 spiro atoms. The van der Waals surface area contributed by atoms with Gasteiger partial charge in [-0.2, -0.15) is 9.97 Å². The topological polar surface area (TPSA) is 53.5 Å². The maximum absolute atomic E-state index is 5.51. The monoisotopic (exact) mass is 834 g/mol. The summed E-state index contributed by atoms with van der Waals surface area (Å²) in [6, 6.07) is 73.7. The van der Waals surface area contributed by atoms with Crippen molar-refractivity contribution < 1.29 is 0 Å². The molecular weight excluding hydrogens is 801 g/mol. The fourth-order valence-electron chi connectivity index (χ4n) is 10.2. The van der Waals surface area contributed by atoms with Gasteiger partial charge in [0.15, 0.2) is 11.6 Å². The molecule has 0 saturated carbocycles. The third-order valence-electron chi connectivity index (χ3n) is 12.9. The summed E-state index contributed by atoms with van der Waals surface area (Å²) in [6.07, 6.45) is 0. The quantitative estimate of drug-likeness (QED) is 0.174.